The number of alkyl halides is 3. The normalized spacial score (nSPS) is 23.3. The maximum atomic E-state index is 12.7. The lowest BCUT2D eigenvalue weighted by Crippen LogP contribution is -2.33. The molecule has 120 valence electrons. The van der Waals surface area contributed by atoms with Gasteiger partial charge in [0.2, 0.25) is 5.91 Å². The summed E-state index contributed by atoms with van der Waals surface area (Å²) in [5.41, 5.74) is -0.0629. The predicted molar refractivity (Wildman–Crippen MR) is 75.9 cm³/mol. The summed E-state index contributed by atoms with van der Waals surface area (Å²) in [6.45, 7) is 2.03. The molecule has 2 aliphatic rings. The van der Waals surface area contributed by atoms with Gasteiger partial charge in [0.15, 0.2) is 0 Å². The van der Waals surface area contributed by atoms with Gasteiger partial charge in [-0.3, -0.25) is 4.79 Å². The lowest BCUT2D eigenvalue weighted by molar-refractivity contribution is -0.137. The summed E-state index contributed by atoms with van der Waals surface area (Å²) in [5, 5.41) is 6.06. The molecule has 1 aliphatic carbocycles. The molecule has 22 heavy (non-hydrogen) atoms. The van der Waals surface area contributed by atoms with Gasteiger partial charge in [0.1, 0.15) is 0 Å². The third kappa shape index (κ3) is 3.11. The van der Waals surface area contributed by atoms with Gasteiger partial charge in [-0.2, -0.15) is 13.2 Å². The molecule has 1 saturated carbocycles. The maximum absolute atomic E-state index is 12.7. The highest BCUT2D eigenvalue weighted by Crippen LogP contribution is 2.58. The van der Waals surface area contributed by atoms with Crippen LogP contribution in [0.4, 0.5) is 13.2 Å². The number of carbonyl (C=O) groups is 1. The van der Waals surface area contributed by atoms with E-state index in [2.05, 4.69) is 10.6 Å². The summed E-state index contributed by atoms with van der Waals surface area (Å²) in [4.78, 5) is 12.2. The van der Waals surface area contributed by atoms with E-state index in [4.69, 9.17) is 0 Å². The standard InChI is InChI=1S/C16H19F3N2O/c17-16(18,19)12-3-1-2-11(8-12)10-21-14(22)13-9-15(13)4-6-20-7-5-15/h1-3,8,13,20H,4-7,9-10H2,(H,21,22)/t13-/m0/s1. The Morgan fingerprint density at radius 2 is 2.05 bits per heavy atom. The van der Waals surface area contributed by atoms with Crippen molar-refractivity contribution in [2.24, 2.45) is 11.3 Å². The highest BCUT2D eigenvalue weighted by molar-refractivity contribution is 5.82. The minimum atomic E-state index is -4.35. The van der Waals surface area contributed by atoms with E-state index >= 15 is 0 Å². The van der Waals surface area contributed by atoms with E-state index in [1.54, 1.807) is 6.07 Å². The van der Waals surface area contributed by atoms with Crippen molar-refractivity contribution in [3.8, 4) is 0 Å². The summed E-state index contributed by atoms with van der Waals surface area (Å²) in [7, 11) is 0. The van der Waals surface area contributed by atoms with Gasteiger partial charge in [0.25, 0.3) is 0 Å². The molecule has 2 fully saturated rings. The Balaban J connectivity index is 1.56. The monoisotopic (exact) mass is 312 g/mol. The van der Waals surface area contributed by atoms with Crippen LogP contribution < -0.4 is 10.6 Å². The van der Waals surface area contributed by atoms with Gasteiger partial charge in [-0.25, -0.2) is 0 Å². The molecule has 1 amide bonds. The molecule has 1 spiro atoms. The van der Waals surface area contributed by atoms with Crippen LogP contribution in [0.5, 0.6) is 0 Å². The molecule has 0 bridgehead atoms. The Morgan fingerprint density at radius 1 is 1.32 bits per heavy atom. The van der Waals surface area contributed by atoms with Crippen LogP contribution in [0.3, 0.4) is 0 Å². The second-order valence-corrected chi connectivity index (χ2v) is 6.29. The largest absolute Gasteiger partial charge is 0.416 e. The summed E-state index contributed by atoms with van der Waals surface area (Å²) in [5.74, 6) is -0.000268. The van der Waals surface area contributed by atoms with Gasteiger partial charge in [-0.1, -0.05) is 12.1 Å². The first kappa shape index (κ1) is 15.3. The van der Waals surface area contributed by atoms with Crippen LogP contribution in [-0.4, -0.2) is 19.0 Å². The van der Waals surface area contributed by atoms with Crippen molar-refractivity contribution in [1.82, 2.24) is 10.6 Å². The Labute approximate surface area is 127 Å². The molecule has 1 aliphatic heterocycles. The number of hydrogen-bond acceptors (Lipinski definition) is 2. The number of benzene rings is 1. The molecule has 3 nitrogen and oxygen atoms in total. The fraction of sp³-hybridized carbons (Fsp3) is 0.562. The number of nitrogens with one attached hydrogen (secondary N) is 2. The molecule has 0 unspecified atom stereocenters. The number of carbonyl (C=O) groups excluding carboxylic acids is 1. The molecule has 0 radical (unpaired) electrons. The molecule has 6 heteroatoms. The summed E-state index contributed by atoms with van der Waals surface area (Å²) in [6, 6.07) is 5.10. The minimum Gasteiger partial charge on any atom is -0.352 e. The predicted octanol–water partition coefficient (Wildman–Crippen LogP) is 2.71. The fourth-order valence-electron chi connectivity index (χ4n) is 3.37. The van der Waals surface area contributed by atoms with E-state index in [0.717, 1.165) is 44.5 Å². The smallest absolute Gasteiger partial charge is 0.352 e. The number of piperidine rings is 1. The lowest BCUT2D eigenvalue weighted by Gasteiger charge is -2.23. The SMILES string of the molecule is O=C(NCc1cccc(C(F)(F)F)c1)[C@@H]1CC12CCNCC2. The Morgan fingerprint density at radius 3 is 2.73 bits per heavy atom. The van der Waals surface area contributed by atoms with Crippen molar-refractivity contribution in [2.45, 2.75) is 32.0 Å². The van der Waals surface area contributed by atoms with E-state index in [1.807, 2.05) is 0 Å². The van der Waals surface area contributed by atoms with Crippen molar-refractivity contribution in [3.63, 3.8) is 0 Å². The minimum absolute atomic E-state index is 0.0281. The van der Waals surface area contributed by atoms with Crippen molar-refractivity contribution < 1.29 is 18.0 Å². The number of rotatable bonds is 3. The van der Waals surface area contributed by atoms with Crippen molar-refractivity contribution in [3.05, 3.63) is 35.4 Å². The summed E-state index contributed by atoms with van der Waals surface area (Å²) < 4.78 is 38.0. The number of amides is 1. The van der Waals surface area contributed by atoms with Gasteiger partial charge < -0.3 is 10.6 Å². The topological polar surface area (TPSA) is 41.1 Å². The summed E-state index contributed by atoms with van der Waals surface area (Å²) >= 11 is 0. The van der Waals surface area contributed by atoms with Crippen LogP contribution in [0.2, 0.25) is 0 Å². The van der Waals surface area contributed by atoms with Gasteiger partial charge in [-0.15, -0.1) is 0 Å². The zero-order valence-corrected chi connectivity index (χ0v) is 12.2. The van der Waals surface area contributed by atoms with Crippen molar-refractivity contribution >= 4 is 5.91 Å². The highest BCUT2D eigenvalue weighted by atomic mass is 19.4. The van der Waals surface area contributed by atoms with E-state index in [9.17, 15) is 18.0 Å². The molecule has 1 saturated heterocycles. The lowest BCUT2D eigenvalue weighted by atomic mass is 9.92. The number of halogens is 3. The van der Waals surface area contributed by atoms with E-state index in [0.29, 0.717) is 5.56 Å². The van der Waals surface area contributed by atoms with Crippen LogP contribution in [0, 0.1) is 11.3 Å². The van der Waals surface area contributed by atoms with Crippen LogP contribution in [0.25, 0.3) is 0 Å². The second-order valence-electron chi connectivity index (χ2n) is 6.29. The van der Waals surface area contributed by atoms with E-state index in [-0.39, 0.29) is 23.8 Å². The fourth-order valence-corrected chi connectivity index (χ4v) is 3.37. The van der Waals surface area contributed by atoms with Crippen LogP contribution >= 0.6 is 0 Å². The average molecular weight is 312 g/mol. The molecule has 1 aromatic carbocycles. The molecule has 1 heterocycles. The molecule has 3 rings (SSSR count). The quantitative estimate of drug-likeness (QED) is 0.901. The van der Waals surface area contributed by atoms with Gasteiger partial charge in [-0.05, 0) is 55.5 Å². The molecule has 2 N–H and O–H groups in total. The Bertz CT molecular complexity index is 565. The van der Waals surface area contributed by atoms with E-state index < -0.39 is 11.7 Å². The molecule has 1 aromatic rings. The Kier molecular flexibility index (Phi) is 3.89. The van der Waals surface area contributed by atoms with Crippen molar-refractivity contribution in [1.29, 1.82) is 0 Å². The summed E-state index contributed by atoms with van der Waals surface area (Å²) in [6.07, 6.45) is -1.43. The first-order valence-electron chi connectivity index (χ1n) is 7.55. The third-order valence-corrected chi connectivity index (χ3v) is 4.83. The van der Waals surface area contributed by atoms with Gasteiger partial charge >= 0.3 is 6.18 Å². The van der Waals surface area contributed by atoms with Crippen LogP contribution in [0.15, 0.2) is 24.3 Å². The third-order valence-electron chi connectivity index (χ3n) is 4.83. The highest BCUT2D eigenvalue weighted by Gasteiger charge is 2.57. The number of hydrogen-bond donors (Lipinski definition) is 2. The van der Waals surface area contributed by atoms with Crippen LogP contribution in [0.1, 0.15) is 30.4 Å². The molecular formula is C16H19F3N2O. The first-order valence-corrected chi connectivity index (χ1v) is 7.55. The maximum Gasteiger partial charge on any atom is 0.416 e. The first-order chi connectivity index (χ1) is 10.4. The molecular weight excluding hydrogens is 293 g/mol. The zero-order valence-electron chi connectivity index (χ0n) is 12.2. The van der Waals surface area contributed by atoms with E-state index in [1.165, 1.54) is 6.07 Å². The van der Waals surface area contributed by atoms with Crippen LogP contribution in [-0.2, 0) is 17.5 Å². The second kappa shape index (κ2) is 5.57. The van der Waals surface area contributed by atoms with Gasteiger partial charge in [0.05, 0.1) is 5.56 Å². The molecule has 1 atom stereocenters. The molecule has 0 aromatic heterocycles. The average Bonchev–Trinajstić information content (AvgIpc) is 3.18. The van der Waals surface area contributed by atoms with Crippen molar-refractivity contribution in [2.75, 3.05) is 13.1 Å². The van der Waals surface area contributed by atoms with Gasteiger partial charge in [0, 0.05) is 12.5 Å². The zero-order chi connectivity index (χ0) is 15.8. The Hall–Kier alpha value is -1.56.